The summed E-state index contributed by atoms with van der Waals surface area (Å²) < 4.78 is 44.0. The molecular weight excluding hydrogens is 659 g/mol. The third-order valence-corrected chi connectivity index (χ3v) is 8.66. The molecule has 2 atom stereocenters. The number of carbonyl (C=O) groups excluding carboxylic acids is 1. The molecule has 15 heteroatoms. The first kappa shape index (κ1) is 31.9. The Hall–Kier alpha value is -5.63. The highest BCUT2D eigenvalue weighted by Gasteiger charge is 2.35. The third kappa shape index (κ3) is 6.34. The van der Waals surface area contributed by atoms with E-state index in [9.17, 15) is 22.8 Å². The molecule has 0 aliphatic carbocycles. The Morgan fingerprint density at radius 1 is 0.980 bits per heavy atom. The lowest BCUT2D eigenvalue weighted by atomic mass is 9.97. The molecule has 0 saturated heterocycles. The van der Waals surface area contributed by atoms with Gasteiger partial charge in [0.2, 0.25) is 5.91 Å². The van der Waals surface area contributed by atoms with Crippen molar-refractivity contribution in [1.82, 2.24) is 39.3 Å². The topological polar surface area (TPSA) is 125 Å². The van der Waals surface area contributed by atoms with Gasteiger partial charge in [-0.25, -0.2) is 14.3 Å². The van der Waals surface area contributed by atoms with Gasteiger partial charge in [0.25, 0.3) is 5.56 Å². The zero-order valence-corrected chi connectivity index (χ0v) is 26.6. The Balaban J connectivity index is 1.31. The summed E-state index contributed by atoms with van der Waals surface area (Å²) in [6.07, 6.45) is 2.36. The fourth-order valence-corrected chi connectivity index (χ4v) is 6.08. The third-order valence-electron chi connectivity index (χ3n) is 8.42. The predicted octanol–water partition coefficient (Wildman–Crippen LogP) is 6.76. The van der Waals surface area contributed by atoms with Crippen molar-refractivity contribution in [1.29, 1.82) is 0 Å². The summed E-state index contributed by atoms with van der Waals surface area (Å²) in [5.74, 6) is -0.470. The standard InChI is InChI=1S/C34H27ClF3N9O2/c1-20-6-5-9-29(26-14-21(12-13-39-26)32-27(42-33(20)49)17-41-47(32)23-7-3-2-4-8-23)45-19-40-25(16-31(45)48)24-15-22(35)10-11-28(24)46-18-30(43-44-46)34(36,37)38/h2-4,7-8,10-20,29H,5-6,9H2,1H3,(H,42,49). The van der Waals surface area contributed by atoms with Gasteiger partial charge < -0.3 is 5.32 Å². The van der Waals surface area contributed by atoms with Crippen LogP contribution in [0.15, 0.2) is 96.4 Å². The molecule has 6 aromatic rings. The fraction of sp³-hybridized carbons (Fsp3) is 0.206. The molecule has 248 valence electrons. The maximum Gasteiger partial charge on any atom is 0.436 e. The fourth-order valence-electron chi connectivity index (χ4n) is 5.91. The predicted molar refractivity (Wildman–Crippen MR) is 175 cm³/mol. The van der Waals surface area contributed by atoms with Gasteiger partial charge in [-0.15, -0.1) is 5.10 Å². The second kappa shape index (κ2) is 12.8. The lowest BCUT2D eigenvalue weighted by molar-refractivity contribution is -0.141. The largest absolute Gasteiger partial charge is 0.436 e. The maximum absolute atomic E-state index is 13.9. The van der Waals surface area contributed by atoms with Crippen molar-refractivity contribution < 1.29 is 18.0 Å². The van der Waals surface area contributed by atoms with Crippen LogP contribution in [0, 0.1) is 5.92 Å². The minimum Gasteiger partial charge on any atom is -0.323 e. The van der Waals surface area contributed by atoms with Gasteiger partial charge in [-0.05, 0) is 55.3 Å². The minimum atomic E-state index is -4.69. The summed E-state index contributed by atoms with van der Waals surface area (Å²) in [7, 11) is 0. The van der Waals surface area contributed by atoms with E-state index in [1.165, 1.54) is 35.2 Å². The van der Waals surface area contributed by atoms with Gasteiger partial charge in [-0.1, -0.05) is 48.4 Å². The first-order valence-electron chi connectivity index (χ1n) is 15.4. The van der Waals surface area contributed by atoms with E-state index in [1.807, 2.05) is 49.4 Å². The van der Waals surface area contributed by atoms with Gasteiger partial charge in [0.15, 0.2) is 5.69 Å². The Labute approximate surface area is 282 Å². The molecule has 2 aromatic carbocycles. The van der Waals surface area contributed by atoms with Crippen LogP contribution in [-0.4, -0.2) is 45.2 Å². The Kier molecular flexibility index (Phi) is 8.32. The lowest BCUT2D eigenvalue weighted by Crippen LogP contribution is -2.27. The number of rotatable bonds is 4. The van der Waals surface area contributed by atoms with Crippen LogP contribution in [0.4, 0.5) is 18.9 Å². The van der Waals surface area contributed by atoms with E-state index in [1.54, 1.807) is 17.1 Å². The molecule has 1 amide bonds. The molecule has 1 aliphatic rings. The first-order chi connectivity index (χ1) is 23.6. The van der Waals surface area contributed by atoms with Crippen molar-refractivity contribution in [2.75, 3.05) is 5.32 Å². The number of anilines is 1. The van der Waals surface area contributed by atoms with Crippen molar-refractivity contribution in [3.63, 3.8) is 0 Å². The van der Waals surface area contributed by atoms with Crippen molar-refractivity contribution in [2.45, 2.75) is 38.4 Å². The maximum atomic E-state index is 13.9. The van der Waals surface area contributed by atoms with Crippen LogP contribution in [-0.2, 0) is 11.0 Å². The number of hydrogen-bond acceptors (Lipinski definition) is 7. The number of hydrogen-bond donors (Lipinski definition) is 1. The van der Waals surface area contributed by atoms with E-state index in [4.69, 9.17) is 11.6 Å². The number of alkyl halides is 3. The number of aromatic nitrogens is 8. The molecule has 1 aliphatic heterocycles. The number of fused-ring (bicyclic) bond motifs is 4. The molecular formula is C34H27ClF3N9O2. The highest BCUT2D eigenvalue weighted by Crippen LogP contribution is 2.35. The van der Waals surface area contributed by atoms with Crippen LogP contribution in [0.3, 0.4) is 0 Å². The van der Waals surface area contributed by atoms with E-state index in [0.29, 0.717) is 36.3 Å². The molecule has 1 N–H and O–H groups in total. The number of halogens is 4. The summed E-state index contributed by atoms with van der Waals surface area (Å²) in [5, 5.41) is 14.8. The monoisotopic (exact) mass is 685 g/mol. The van der Waals surface area contributed by atoms with Gasteiger partial charge in [0.1, 0.15) is 0 Å². The van der Waals surface area contributed by atoms with Gasteiger partial charge in [0, 0.05) is 34.3 Å². The van der Waals surface area contributed by atoms with Crippen LogP contribution < -0.4 is 10.9 Å². The smallest absolute Gasteiger partial charge is 0.323 e. The van der Waals surface area contributed by atoms with Crippen molar-refractivity contribution in [3.05, 3.63) is 118 Å². The number of para-hydroxylation sites is 1. The molecule has 49 heavy (non-hydrogen) atoms. The van der Waals surface area contributed by atoms with E-state index >= 15 is 0 Å². The minimum absolute atomic E-state index is 0.143. The van der Waals surface area contributed by atoms with E-state index in [-0.39, 0.29) is 33.8 Å². The molecule has 0 radical (unpaired) electrons. The molecule has 2 bridgehead atoms. The second-order valence-corrected chi connectivity index (χ2v) is 12.1. The average Bonchev–Trinajstić information content (AvgIpc) is 3.75. The number of pyridine rings is 1. The molecule has 5 heterocycles. The van der Waals surface area contributed by atoms with Gasteiger partial charge >= 0.3 is 6.18 Å². The van der Waals surface area contributed by atoms with Crippen LogP contribution in [0.25, 0.3) is 33.9 Å². The van der Waals surface area contributed by atoms with Gasteiger partial charge in [-0.3, -0.25) is 19.1 Å². The summed E-state index contributed by atoms with van der Waals surface area (Å²) in [6, 6.07) is 18.4. The zero-order chi connectivity index (χ0) is 34.3. The average molecular weight is 686 g/mol. The quantitative estimate of drug-likeness (QED) is 0.217. The Bertz CT molecular complexity index is 2230. The lowest BCUT2D eigenvalue weighted by Gasteiger charge is -2.22. The van der Waals surface area contributed by atoms with Crippen LogP contribution >= 0.6 is 11.6 Å². The van der Waals surface area contributed by atoms with Crippen LogP contribution in [0.1, 0.15) is 43.6 Å². The Morgan fingerprint density at radius 3 is 2.55 bits per heavy atom. The first-order valence-corrected chi connectivity index (χ1v) is 15.7. The molecule has 2 unspecified atom stereocenters. The Morgan fingerprint density at radius 2 is 1.80 bits per heavy atom. The van der Waals surface area contributed by atoms with Crippen molar-refractivity contribution in [2.24, 2.45) is 5.92 Å². The summed E-state index contributed by atoms with van der Waals surface area (Å²) in [6.45, 7) is 1.85. The number of nitrogens with one attached hydrogen (secondary N) is 1. The molecule has 7 rings (SSSR count). The van der Waals surface area contributed by atoms with Crippen molar-refractivity contribution >= 4 is 23.2 Å². The molecule has 0 saturated carbocycles. The van der Waals surface area contributed by atoms with Crippen molar-refractivity contribution in [3.8, 4) is 33.9 Å². The molecule has 0 fully saturated rings. The molecule has 11 nitrogen and oxygen atoms in total. The zero-order valence-electron chi connectivity index (χ0n) is 25.8. The SMILES string of the molecule is CC1CCCC(n2cnc(-c3cc(Cl)ccc3-n3cc(C(F)(F)F)nn3)cc2=O)c2cc(ccn2)-c2c(cnn2-c2ccccc2)NC1=O. The molecule has 0 spiro atoms. The molecule has 4 aromatic heterocycles. The van der Waals surface area contributed by atoms with E-state index < -0.39 is 23.5 Å². The summed E-state index contributed by atoms with van der Waals surface area (Å²) >= 11 is 6.27. The summed E-state index contributed by atoms with van der Waals surface area (Å²) in [5.41, 5.74) is 2.42. The van der Waals surface area contributed by atoms with Crippen LogP contribution in [0.5, 0.6) is 0 Å². The highest BCUT2D eigenvalue weighted by atomic mass is 35.5. The second-order valence-electron chi connectivity index (χ2n) is 11.7. The van der Waals surface area contributed by atoms with Crippen LogP contribution in [0.2, 0.25) is 5.02 Å². The normalized spacial score (nSPS) is 16.7. The number of nitrogens with zero attached hydrogens (tertiary/aromatic N) is 8. The number of amides is 1. The van der Waals surface area contributed by atoms with Gasteiger partial charge in [-0.2, -0.15) is 18.3 Å². The highest BCUT2D eigenvalue weighted by molar-refractivity contribution is 6.31. The van der Waals surface area contributed by atoms with Gasteiger partial charge in [0.05, 0.1) is 58.9 Å². The summed E-state index contributed by atoms with van der Waals surface area (Å²) in [4.78, 5) is 36.3. The number of carbonyl (C=O) groups is 1. The van der Waals surface area contributed by atoms with E-state index in [2.05, 4.69) is 30.7 Å². The van der Waals surface area contributed by atoms with E-state index in [0.717, 1.165) is 22.1 Å². The number of benzene rings is 2.